The number of hydrogen-bond donors (Lipinski definition) is 2. The van der Waals surface area contributed by atoms with Crippen molar-refractivity contribution in [2.24, 2.45) is 0 Å². The lowest BCUT2D eigenvalue weighted by molar-refractivity contribution is -0.155. The highest BCUT2D eigenvalue weighted by atomic mass is 16.5. The third kappa shape index (κ3) is 1.48. The van der Waals surface area contributed by atoms with Crippen LogP contribution in [0.25, 0.3) is 0 Å². The highest BCUT2D eigenvalue weighted by molar-refractivity contribution is 5.80. The third-order valence-corrected chi connectivity index (χ3v) is 1.63. The molecule has 4 nitrogen and oxygen atoms in total. The summed E-state index contributed by atoms with van der Waals surface area (Å²) in [6, 6.07) is 0. The van der Waals surface area contributed by atoms with Crippen LogP contribution in [0.2, 0.25) is 0 Å². The number of aliphatic carboxylic acids is 1. The first kappa shape index (κ1) is 8.80. The van der Waals surface area contributed by atoms with Gasteiger partial charge in [0.2, 0.25) is 5.60 Å². The molecule has 1 heterocycles. The van der Waals surface area contributed by atoms with E-state index in [0.29, 0.717) is 6.42 Å². The molecule has 1 rings (SSSR count). The summed E-state index contributed by atoms with van der Waals surface area (Å²) in [5.41, 5.74) is -1.93. The van der Waals surface area contributed by atoms with Crippen LogP contribution in [0.1, 0.15) is 13.3 Å². The molecule has 0 saturated heterocycles. The van der Waals surface area contributed by atoms with Crippen molar-refractivity contribution in [2.45, 2.75) is 18.9 Å². The van der Waals surface area contributed by atoms with Crippen LogP contribution >= 0.6 is 0 Å². The Hall–Kier alpha value is -1.29. The molecular formula is C8H10O4. The maximum absolute atomic E-state index is 10.5. The van der Waals surface area contributed by atoms with E-state index < -0.39 is 11.6 Å². The summed E-state index contributed by atoms with van der Waals surface area (Å²) in [5, 5.41) is 18.0. The molecule has 1 unspecified atom stereocenters. The van der Waals surface area contributed by atoms with Crippen LogP contribution < -0.4 is 0 Å². The van der Waals surface area contributed by atoms with Gasteiger partial charge in [-0.15, -0.1) is 0 Å². The topological polar surface area (TPSA) is 66.8 Å². The molecule has 12 heavy (non-hydrogen) atoms. The largest absolute Gasteiger partial charge is 0.479 e. The summed E-state index contributed by atoms with van der Waals surface area (Å²) in [6.07, 6.45) is 5.21. The number of aliphatic hydroxyl groups is 1. The number of carboxylic acid groups (broad SMARTS) is 1. The second-order valence-electron chi connectivity index (χ2n) is 2.67. The lowest BCUT2D eigenvalue weighted by atomic mass is 10.0. The monoisotopic (exact) mass is 170 g/mol. The first-order valence-corrected chi connectivity index (χ1v) is 3.53. The van der Waals surface area contributed by atoms with Crippen molar-refractivity contribution in [2.75, 3.05) is 0 Å². The van der Waals surface area contributed by atoms with Crippen molar-refractivity contribution in [3.05, 3.63) is 24.2 Å². The van der Waals surface area contributed by atoms with Crippen LogP contribution in [0.5, 0.6) is 0 Å². The Labute approximate surface area is 69.8 Å². The van der Waals surface area contributed by atoms with Gasteiger partial charge in [0.1, 0.15) is 5.76 Å². The van der Waals surface area contributed by atoms with Crippen molar-refractivity contribution in [1.29, 1.82) is 0 Å². The molecule has 0 spiro atoms. The maximum Gasteiger partial charge on any atom is 0.343 e. The van der Waals surface area contributed by atoms with Gasteiger partial charge in [-0.05, 0) is 25.5 Å². The van der Waals surface area contributed by atoms with Crippen LogP contribution in [0.3, 0.4) is 0 Å². The first-order chi connectivity index (χ1) is 5.55. The lowest BCUT2D eigenvalue weighted by Crippen LogP contribution is -2.37. The van der Waals surface area contributed by atoms with Crippen LogP contribution in [-0.2, 0) is 9.53 Å². The Morgan fingerprint density at radius 1 is 1.75 bits per heavy atom. The zero-order valence-corrected chi connectivity index (χ0v) is 6.65. The van der Waals surface area contributed by atoms with Crippen LogP contribution in [-0.4, -0.2) is 21.8 Å². The molecule has 1 aliphatic heterocycles. The highest BCUT2D eigenvalue weighted by Gasteiger charge is 2.36. The van der Waals surface area contributed by atoms with Crippen molar-refractivity contribution in [1.82, 2.24) is 0 Å². The van der Waals surface area contributed by atoms with Gasteiger partial charge < -0.3 is 14.9 Å². The molecule has 0 bridgehead atoms. The zero-order chi connectivity index (χ0) is 9.19. The van der Waals surface area contributed by atoms with E-state index in [2.05, 4.69) is 0 Å². The average molecular weight is 170 g/mol. The smallest absolute Gasteiger partial charge is 0.343 e. The predicted molar refractivity (Wildman–Crippen MR) is 41.2 cm³/mol. The minimum absolute atomic E-state index is 0.0671. The second-order valence-corrected chi connectivity index (χ2v) is 2.67. The molecule has 0 aromatic rings. The fraction of sp³-hybridized carbons (Fsp3) is 0.375. The number of carbonyl (C=O) groups is 1. The zero-order valence-electron chi connectivity index (χ0n) is 6.65. The average Bonchev–Trinajstić information content (AvgIpc) is 2.06. The van der Waals surface area contributed by atoms with Gasteiger partial charge in [0.15, 0.2) is 0 Å². The number of hydrogen-bond acceptors (Lipinski definition) is 3. The fourth-order valence-electron chi connectivity index (χ4n) is 0.819. The molecule has 0 fully saturated rings. The standard InChI is InChI=1S/C8H10O4/c1-8(11,7(9)10)6-4-2-3-5-12-6/h3-5,11H,2H2,1H3,(H,9,10). The van der Waals surface area contributed by atoms with Gasteiger partial charge in [0, 0.05) is 0 Å². The summed E-state index contributed by atoms with van der Waals surface area (Å²) in [4.78, 5) is 10.5. The number of carboxylic acids is 1. The van der Waals surface area contributed by atoms with Crippen LogP contribution in [0.4, 0.5) is 0 Å². The summed E-state index contributed by atoms with van der Waals surface area (Å²) >= 11 is 0. The first-order valence-electron chi connectivity index (χ1n) is 3.53. The molecular weight excluding hydrogens is 160 g/mol. The second kappa shape index (κ2) is 2.98. The highest BCUT2D eigenvalue weighted by Crippen LogP contribution is 2.21. The summed E-state index contributed by atoms with van der Waals surface area (Å²) in [7, 11) is 0. The molecule has 1 atom stereocenters. The molecule has 0 saturated carbocycles. The van der Waals surface area contributed by atoms with E-state index in [1.54, 1.807) is 6.08 Å². The minimum Gasteiger partial charge on any atom is -0.479 e. The summed E-state index contributed by atoms with van der Waals surface area (Å²) in [5.74, 6) is -1.25. The van der Waals surface area contributed by atoms with E-state index >= 15 is 0 Å². The van der Waals surface area contributed by atoms with Gasteiger partial charge in [0.25, 0.3) is 0 Å². The summed E-state index contributed by atoms with van der Waals surface area (Å²) in [6.45, 7) is 1.18. The third-order valence-electron chi connectivity index (χ3n) is 1.63. The van der Waals surface area contributed by atoms with Crippen LogP contribution in [0, 0.1) is 0 Å². The van der Waals surface area contributed by atoms with Crippen molar-refractivity contribution in [3.8, 4) is 0 Å². The van der Waals surface area contributed by atoms with Gasteiger partial charge >= 0.3 is 5.97 Å². The molecule has 1 aliphatic rings. The van der Waals surface area contributed by atoms with Gasteiger partial charge in [-0.2, -0.15) is 0 Å². The van der Waals surface area contributed by atoms with E-state index in [9.17, 15) is 9.90 Å². The lowest BCUT2D eigenvalue weighted by Gasteiger charge is -2.21. The van der Waals surface area contributed by atoms with E-state index in [1.807, 2.05) is 0 Å². The van der Waals surface area contributed by atoms with Crippen molar-refractivity contribution < 1.29 is 19.7 Å². The van der Waals surface area contributed by atoms with Crippen molar-refractivity contribution in [3.63, 3.8) is 0 Å². The SMILES string of the molecule is CC(O)(C(=O)O)C1=CCC=CO1. The van der Waals surface area contributed by atoms with E-state index in [0.717, 1.165) is 0 Å². The van der Waals surface area contributed by atoms with E-state index in [-0.39, 0.29) is 5.76 Å². The molecule has 0 aromatic heterocycles. The Balaban J connectivity index is 2.81. The molecule has 2 N–H and O–H groups in total. The van der Waals surface area contributed by atoms with Gasteiger partial charge in [0.05, 0.1) is 6.26 Å². The Morgan fingerprint density at radius 2 is 2.42 bits per heavy atom. The van der Waals surface area contributed by atoms with E-state index in [4.69, 9.17) is 9.84 Å². The number of ether oxygens (including phenoxy) is 1. The Bertz CT molecular complexity index is 250. The summed E-state index contributed by atoms with van der Waals surface area (Å²) < 4.78 is 4.85. The van der Waals surface area contributed by atoms with Gasteiger partial charge in [-0.3, -0.25) is 0 Å². The minimum atomic E-state index is -1.93. The Morgan fingerprint density at radius 3 is 2.83 bits per heavy atom. The normalized spacial score (nSPS) is 20.7. The van der Waals surface area contributed by atoms with Gasteiger partial charge in [-0.25, -0.2) is 4.79 Å². The fourth-order valence-corrected chi connectivity index (χ4v) is 0.819. The number of allylic oxidation sites excluding steroid dienone is 2. The van der Waals surface area contributed by atoms with Gasteiger partial charge in [-0.1, -0.05) is 0 Å². The van der Waals surface area contributed by atoms with Crippen molar-refractivity contribution >= 4 is 5.97 Å². The Kier molecular flexibility index (Phi) is 2.19. The molecule has 0 aliphatic carbocycles. The molecule has 66 valence electrons. The molecule has 0 amide bonds. The molecule has 4 heteroatoms. The number of rotatable bonds is 2. The predicted octanol–water partition coefficient (Wildman–Crippen LogP) is 0.640. The van der Waals surface area contributed by atoms with E-state index in [1.165, 1.54) is 19.3 Å². The molecule has 0 radical (unpaired) electrons. The maximum atomic E-state index is 10.5. The van der Waals surface area contributed by atoms with Crippen LogP contribution in [0.15, 0.2) is 24.2 Å². The molecule has 0 aromatic carbocycles. The quantitative estimate of drug-likeness (QED) is 0.638.